The first-order valence-electron chi connectivity index (χ1n) is 9.03. The molecule has 1 aliphatic rings. The second kappa shape index (κ2) is 8.36. The van der Waals surface area contributed by atoms with Gasteiger partial charge < -0.3 is 15.5 Å². The summed E-state index contributed by atoms with van der Waals surface area (Å²) in [5.41, 5.74) is 1.85. The van der Waals surface area contributed by atoms with E-state index in [9.17, 15) is 9.59 Å². The van der Waals surface area contributed by atoms with E-state index in [2.05, 4.69) is 16.7 Å². The summed E-state index contributed by atoms with van der Waals surface area (Å²) < 4.78 is 0. The lowest BCUT2D eigenvalue weighted by Gasteiger charge is -2.32. The van der Waals surface area contributed by atoms with E-state index < -0.39 is 0 Å². The molecule has 0 radical (unpaired) electrons. The van der Waals surface area contributed by atoms with Crippen molar-refractivity contribution in [2.75, 3.05) is 13.1 Å². The molecular formula is C20H25N3O2S. The summed E-state index contributed by atoms with van der Waals surface area (Å²) >= 11 is 1.69. The van der Waals surface area contributed by atoms with E-state index in [1.54, 1.807) is 11.3 Å². The number of piperidine rings is 1. The predicted molar refractivity (Wildman–Crippen MR) is 105 cm³/mol. The number of hydrogen-bond acceptors (Lipinski definition) is 3. The largest absolute Gasteiger partial charge is 0.338 e. The first-order valence-corrected chi connectivity index (χ1v) is 9.91. The summed E-state index contributed by atoms with van der Waals surface area (Å²) in [6.45, 7) is 5.20. The van der Waals surface area contributed by atoms with E-state index >= 15 is 0 Å². The van der Waals surface area contributed by atoms with E-state index in [4.69, 9.17) is 0 Å². The molecule has 5 nitrogen and oxygen atoms in total. The third-order valence-corrected chi connectivity index (χ3v) is 5.39. The Morgan fingerprint density at radius 2 is 1.81 bits per heavy atom. The molecule has 1 aromatic heterocycles. The van der Waals surface area contributed by atoms with Gasteiger partial charge in [0.1, 0.15) is 0 Å². The van der Waals surface area contributed by atoms with Crippen LogP contribution in [0.3, 0.4) is 0 Å². The van der Waals surface area contributed by atoms with Crippen LogP contribution in [-0.4, -0.2) is 42.0 Å². The van der Waals surface area contributed by atoms with E-state index in [0.29, 0.717) is 18.7 Å². The Labute approximate surface area is 158 Å². The van der Waals surface area contributed by atoms with Crippen LogP contribution in [0.2, 0.25) is 0 Å². The molecule has 26 heavy (non-hydrogen) atoms. The van der Waals surface area contributed by atoms with Crippen molar-refractivity contribution in [1.29, 1.82) is 0 Å². The van der Waals surface area contributed by atoms with Crippen LogP contribution >= 0.6 is 11.3 Å². The normalized spacial score (nSPS) is 15.1. The zero-order valence-electron chi connectivity index (χ0n) is 15.2. The fourth-order valence-corrected chi connectivity index (χ4v) is 3.85. The molecule has 0 unspecified atom stereocenters. The Bertz CT molecular complexity index is 733. The van der Waals surface area contributed by atoms with Gasteiger partial charge in [0.15, 0.2) is 0 Å². The molecule has 6 heteroatoms. The summed E-state index contributed by atoms with van der Waals surface area (Å²) in [4.78, 5) is 27.6. The van der Waals surface area contributed by atoms with Gasteiger partial charge in [0, 0.05) is 35.6 Å². The van der Waals surface area contributed by atoms with Crippen molar-refractivity contribution in [1.82, 2.24) is 15.5 Å². The summed E-state index contributed by atoms with van der Waals surface area (Å²) in [5, 5.41) is 7.87. The van der Waals surface area contributed by atoms with Crippen molar-refractivity contribution >= 4 is 23.3 Å². The number of urea groups is 1. The first-order chi connectivity index (χ1) is 12.5. The van der Waals surface area contributed by atoms with Crippen LogP contribution in [0, 0.1) is 0 Å². The summed E-state index contributed by atoms with van der Waals surface area (Å²) in [6, 6.07) is 12.0. The van der Waals surface area contributed by atoms with E-state index in [1.165, 1.54) is 4.88 Å². The highest BCUT2D eigenvalue weighted by atomic mass is 32.1. The number of thiophene rings is 1. The number of carbonyl (C=O) groups is 2. The van der Waals surface area contributed by atoms with Gasteiger partial charge in [-0.1, -0.05) is 18.2 Å². The number of nitrogens with one attached hydrogen (secondary N) is 2. The molecule has 0 saturated carbocycles. The lowest BCUT2D eigenvalue weighted by Crippen LogP contribution is -2.50. The fraction of sp³-hybridized carbons (Fsp3) is 0.400. The van der Waals surface area contributed by atoms with E-state index in [1.807, 2.05) is 54.5 Å². The zero-order valence-corrected chi connectivity index (χ0v) is 16.0. The van der Waals surface area contributed by atoms with Gasteiger partial charge in [0.2, 0.25) is 0 Å². The molecule has 3 amide bonds. The number of likely N-dealkylation sites (tertiary alicyclic amines) is 1. The molecule has 2 N–H and O–H groups in total. The van der Waals surface area contributed by atoms with E-state index in [-0.39, 0.29) is 24.0 Å². The molecule has 2 heterocycles. The van der Waals surface area contributed by atoms with Crippen LogP contribution in [0.1, 0.15) is 37.0 Å². The summed E-state index contributed by atoms with van der Waals surface area (Å²) in [6.07, 6.45) is 1.56. The highest BCUT2D eigenvalue weighted by molar-refractivity contribution is 7.13. The van der Waals surface area contributed by atoms with Crippen LogP contribution in [0.4, 0.5) is 4.79 Å². The van der Waals surface area contributed by atoms with Crippen LogP contribution in [0.5, 0.6) is 0 Å². The standard InChI is InChI=1S/C20H25N3O2S/c1-14(2)21-20(25)22-17-9-11-23(12-10-17)19(24)16-7-5-15(6-8-16)18-4-3-13-26-18/h3-8,13-14,17H,9-12H2,1-2H3,(H2,21,22,25). The molecule has 3 rings (SSSR count). The van der Waals surface area contributed by atoms with Gasteiger partial charge in [-0.2, -0.15) is 0 Å². The molecule has 0 aliphatic carbocycles. The highest BCUT2D eigenvalue weighted by Crippen LogP contribution is 2.25. The minimum absolute atomic E-state index is 0.0628. The predicted octanol–water partition coefficient (Wildman–Crippen LogP) is 3.73. The average molecular weight is 372 g/mol. The van der Waals surface area contributed by atoms with Crippen molar-refractivity contribution in [2.45, 2.75) is 38.8 Å². The van der Waals surface area contributed by atoms with Crippen molar-refractivity contribution < 1.29 is 9.59 Å². The molecular weight excluding hydrogens is 346 g/mol. The zero-order chi connectivity index (χ0) is 18.5. The van der Waals surface area contributed by atoms with Gasteiger partial charge in [-0.3, -0.25) is 4.79 Å². The van der Waals surface area contributed by atoms with Gasteiger partial charge in [-0.25, -0.2) is 4.79 Å². The van der Waals surface area contributed by atoms with Crippen LogP contribution in [-0.2, 0) is 0 Å². The quantitative estimate of drug-likeness (QED) is 0.860. The molecule has 0 bridgehead atoms. The Morgan fingerprint density at radius 3 is 2.38 bits per heavy atom. The average Bonchev–Trinajstić information content (AvgIpc) is 3.16. The van der Waals surface area contributed by atoms with Gasteiger partial charge in [0.25, 0.3) is 5.91 Å². The molecule has 138 valence electrons. The summed E-state index contributed by atoms with van der Waals surface area (Å²) in [7, 11) is 0. The van der Waals surface area contributed by atoms with Crippen molar-refractivity contribution in [3.05, 3.63) is 47.3 Å². The van der Waals surface area contributed by atoms with Crippen molar-refractivity contribution in [2.24, 2.45) is 0 Å². The van der Waals surface area contributed by atoms with Gasteiger partial charge in [0.05, 0.1) is 0 Å². The molecule has 1 aliphatic heterocycles. The SMILES string of the molecule is CC(C)NC(=O)NC1CCN(C(=O)c2ccc(-c3cccs3)cc2)CC1. The van der Waals surface area contributed by atoms with E-state index in [0.717, 1.165) is 18.4 Å². The molecule has 1 fully saturated rings. The third kappa shape index (κ3) is 4.64. The summed E-state index contributed by atoms with van der Waals surface area (Å²) in [5.74, 6) is 0.0628. The minimum atomic E-state index is -0.131. The third-order valence-electron chi connectivity index (χ3n) is 4.47. The number of rotatable bonds is 4. The maximum Gasteiger partial charge on any atom is 0.315 e. The number of benzene rings is 1. The molecule has 1 aromatic carbocycles. The van der Waals surface area contributed by atoms with Gasteiger partial charge in [-0.15, -0.1) is 11.3 Å². The second-order valence-electron chi connectivity index (χ2n) is 6.89. The second-order valence-corrected chi connectivity index (χ2v) is 7.84. The van der Waals surface area contributed by atoms with Crippen molar-refractivity contribution in [3.63, 3.8) is 0 Å². The molecule has 0 spiro atoms. The smallest absolute Gasteiger partial charge is 0.315 e. The molecule has 1 saturated heterocycles. The number of hydrogen-bond donors (Lipinski definition) is 2. The Hall–Kier alpha value is -2.34. The van der Waals surface area contributed by atoms with Gasteiger partial charge >= 0.3 is 6.03 Å². The number of nitrogens with zero attached hydrogens (tertiary/aromatic N) is 1. The topological polar surface area (TPSA) is 61.4 Å². The molecule has 0 atom stereocenters. The lowest BCUT2D eigenvalue weighted by atomic mass is 10.0. The number of carbonyl (C=O) groups excluding carboxylic acids is 2. The Morgan fingerprint density at radius 1 is 1.12 bits per heavy atom. The van der Waals surface area contributed by atoms with Gasteiger partial charge in [-0.05, 0) is 55.8 Å². The van der Waals surface area contributed by atoms with Crippen LogP contribution < -0.4 is 10.6 Å². The maximum absolute atomic E-state index is 12.7. The highest BCUT2D eigenvalue weighted by Gasteiger charge is 2.24. The molecule has 2 aromatic rings. The fourth-order valence-electron chi connectivity index (χ4n) is 3.12. The van der Waals surface area contributed by atoms with Crippen LogP contribution in [0.25, 0.3) is 10.4 Å². The number of amides is 3. The first kappa shape index (κ1) is 18.5. The monoisotopic (exact) mass is 371 g/mol. The van der Waals surface area contributed by atoms with Crippen LogP contribution in [0.15, 0.2) is 41.8 Å². The van der Waals surface area contributed by atoms with Crippen molar-refractivity contribution in [3.8, 4) is 10.4 Å². The minimum Gasteiger partial charge on any atom is -0.338 e. The Kier molecular flexibility index (Phi) is 5.93. The maximum atomic E-state index is 12.7. The Balaban J connectivity index is 1.53. The lowest BCUT2D eigenvalue weighted by molar-refractivity contribution is 0.0708.